The van der Waals surface area contributed by atoms with Crippen LogP contribution in [0, 0.1) is 5.92 Å². The minimum absolute atomic E-state index is 0.114. The number of ether oxygens (including phenoxy) is 1. The Bertz CT molecular complexity index is 915. The zero-order chi connectivity index (χ0) is 24.6. The van der Waals surface area contributed by atoms with Crippen molar-refractivity contribution in [1.82, 2.24) is 15.1 Å². The maximum absolute atomic E-state index is 13.6. The van der Waals surface area contributed by atoms with Gasteiger partial charge in [0.1, 0.15) is 17.1 Å². The first-order valence-electron chi connectivity index (χ1n) is 12.2. The van der Waals surface area contributed by atoms with Crippen molar-refractivity contribution in [1.29, 1.82) is 0 Å². The van der Waals surface area contributed by atoms with Gasteiger partial charge in [-0.2, -0.15) is 18.3 Å². The highest BCUT2D eigenvalue weighted by atomic mass is 19.4. The normalized spacial score (nSPS) is 16.6. The Morgan fingerprint density at radius 1 is 1.26 bits per heavy atom. The molecule has 2 N–H and O–H groups in total. The molecule has 0 saturated heterocycles. The van der Waals surface area contributed by atoms with Gasteiger partial charge >= 0.3 is 6.18 Å². The van der Waals surface area contributed by atoms with E-state index in [2.05, 4.69) is 29.6 Å². The molecule has 34 heavy (non-hydrogen) atoms. The Hall–Kier alpha value is -2.55. The molecule has 1 aliphatic rings. The lowest BCUT2D eigenvalue weighted by molar-refractivity contribution is -0.171. The average Bonchev–Trinajstić information content (AvgIpc) is 3.22. The predicted molar refractivity (Wildman–Crippen MR) is 127 cm³/mol. The fourth-order valence-electron chi connectivity index (χ4n) is 4.21. The third-order valence-corrected chi connectivity index (χ3v) is 6.22. The zero-order valence-corrected chi connectivity index (χ0v) is 20.0. The quantitative estimate of drug-likeness (QED) is 0.376. The van der Waals surface area contributed by atoms with Crippen LogP contribution < -0.4 is 10.6 Å². The molecule has 0 bridgehead atoms. The topological polar surface area (TPSA) is 68.2 Å². The number of hydrogen-bond donors (Lipinski definition) is 2. The highest BCUT2D eigenvalue weighted by Crippen LogP contribution is 2.41. The molecule has 3 rings (SSSR count). The van der Waals surface area contributed by atoms with Crippen LogP contribution >= 0.6 is 0 Å². The second kappa shape index (κ2) is 12.2. The number of rotatable bonds is 12. The van der Waals surface area contributed by atoms with Crippen LogP contribution in [-0.2, 0) is 4.74 Å². The van der Waals surface area contributed by atoms with Gasteiger partial charge in [0.05, 0.1) is 0 Å². The van der Waals surface area contributed by atoms with E-state index in [0.717, 1.165) is 17.5 Å². The fraction of sp³-hybridized carbons (Fsp3) is 0.600. The summed E-state index contributed by atoms with van der Waals surface area (Å²) in [6, 6.07) is 7.06. The summed E-state index contributed by atoms with van der Waals surface area (Å²) in [6.07, 6.45) is 0.643. The Morgan fingerprint density at radius 3 is 2.71 bits per heavy atom. The van der Waals surface area contributed by atoms with Crippen LogP contribution in [0.5, 0.6) is 0 Å². The summed E-state index contributed by atoms with van der Waals surface area (Å²) >= 11 is 0. The first kappa shape index (κ1) is 26.1. The van der Waals surface area contributed by atoms with Crippen molar-refractivity contribution in [3.63, 3.8) is 0 Å². The van der Waals surface area contributed by atoms with Crippen LogP contribution in [0.3, 0.4) is 0 Å². The van der Waals surface area contributed by atoms with E-state index in [-0.39, 0.29) is 30.0 Å². The number of alkyl halides is 3. The number of aromatic nitrogens is 2. The molecule has 0 aliphatic carbocycles. The molecule has 1 amide bonds. The Labute approximate surface area is 199 Å². The fourth-order valence-corrected chi connectivity index (χ4v) is 4.21. The summed E-state index contributed by atoms with van der Waals surface area (Å²) in [5.41, 5.74) is 0.986. The molecule has 9 heteroatoms. The van der Waals surface area contributed by atoms with Gasteiger partial charge in [-0.05, 0) is 25.2 Å². The van der Waals surface area contributed by atoms with Crippen LogP contribution in [-0.4, -0.2) is 48.2 Å². The van der Waals surface area contributed by atoms with E-state index < -0.39 is 18.1 Å². The number of nitrogens with zero attached hydrogens (tertiary/aromatic N) is 2. The van der Waals surface area contributed by atoms with Crippen molar-refractivity contribution < 1.29 is 22.7 Å². The van der Waals surface area contributed by atoms with Crippen LogP contribution in [0.2, 0.25) is 0 Å². The molecule has 188 valence electrons. The van der Waals surface area contributed by atoms with Gasteiger partial charge in [-0.3, -0.25) is 4.79 Å². The van der Waals surface area contributed by atoms with Crippen molar-refractivity contribution in [2.45, 2.75) is 64.6 Å². The number of carbonyl (C=O) groups excluding carboxylic acids is 1. The summed E-state index contributed by atoms with van der Waals surface area (Å²) in [5.74, 6) is 0.224. The molecule has 2 atom stereocenters. The minimum atomic E-state index is -4.45. The van der Waals surface area contributed by atoms with E-state index in [0.29, 0.717) is 37.7 Å². The number of halogens is 3. The summed E-state index contributed by atoms with van der Waals surface area (Å²) in [6.45, 7) is 6.06. The molecule has 0 spiro atoms. The summed E-state index contributed by atoms with van der Waals surface area (Å²) in [5, 5.41) is 10.1. The lowest BCUT2D eigenvalue weighted by Gasteiger charge is -2.27. The Balaban J connectivity index is 1.67. The molecule has 0 fully saturated rings. The van der Waals surface area contributed by atoms with E-state index in [9.17, 15) is 18.0 Å². The summed E-state index contributed by atoms with van der Waals surface area (Å²) < 4.78 is 47.6. The molecule has 1 aliphatic heterocycles. The lowest BCUT2D eigenvalue weighted by atomic mass is 10.0. The first-order chi connectivity index (χ1) is 16.4. The van der Waals surface area contributed by atoms with Crippen LogP contribution in [0.25, 0.3) is 11.3 Å². The second-order valence-electron chi connectivity index (χ2n) is 8.76. The number of carbonyl (C=O) groups is 1. The van der Waals surface area contributed by atoms with Crippen LogP contribution in [0.15, 0.2) is 30.3 Å². The largest absolute Gasteiger partial charge is 0.410 e. The molecular weight excluding hydrogens is 445 g/mol. The van der Waals surface area contributed by atoms with Crippen molar-refractivity contribution >= 4 is 11.7 Å². The van der Waals surface area contributed by atoms with E-state index in [1.54, 1.807) is 30.3 Å². The van der Waals surface area contributed by atoms with Gasteiger partial charge in [-0.25, -0.2) is 4.68 Å². The van der Waals surface area contributed by atoms with E-state index in [4.69, 9.17) is 4.74 Å². The molecule has 2 unspecified atom stereocenters. The molecule has 6 nitrogen and oxygen atoms in total. The minimum Gasteiger partial charge on any atom is -0.381 e. The number of fused-ring (bicyclic) bond motifs is 1. The lowest BCUT2D eigenvalue weighted by Crippen LogP contribution is -2.35. The van der Waals surface area contributed by atoms with Gasteiger partial charge in [-0.15, -0.1) is 0 Å². The Kier molecular flexibility index (Phi) is 9.38. The molecule has 0 saturated carbocycles. The SMILES string of the molecule is CCCCC(CC)COCCCNC(=O)c1c(-c2ccccc2)nn2c1NCCC2C(F)(F)F. The maximum atomic E-state index is 13.6. The van der Waals surface area contributed by atoms with Gasteiger partial charge in [0.25, 0.3) is 5.91 Å². The Morgan fingerprint density at radius 2 is 2.03 bits per heavy atom. The van der Waals surface area contributed by atoms with E-state index in [1.165, 1.54) is 12.8 Å². The molecular formula is C25H35F3N4O2. The van der Waals surface area contributed by atoms with E-state index >= 15 is 0 Å². The molecule has 2 heterocycles. The monoisotopic (exact) mass is 480 g/mol. The van der Waals surface area contributed by atoms with Gasteiger partial charge in [-0.1, -0.05) is 63.4 Å². The molecule has 1 aromatic heterocycles. The third kappa shape index (κ3) is 6.52. The van der Waals surface area contributed by atoms with Crippen molar-refractivity contribution in [3.05, 3.63) is 35.9 Å². The van der Waals surface area contributed by atoms with Gasteiger partial charge < -0.3 is 15.4 Å². The maximum Gasteiger partial charge on any atom is 0.410 e. The predicted octanol–water partition coefficient (Wildman–Crippen LogP) is 5.82. The van der Waals surface area contributed by atoms with E-state index in [1.807, 2.05) is 0 Å². The van der Waals surface area contributed by atoms with Crippen molar-refractivity contribution in [2.24, 2.45) is 5.92 Å². The second-order valence-corrected chi connectivity index (χ2v) is 8.76. The highest BCUT2D eigenvalue weighted by molar-refractivity contribution is 6.04. The molecule has 1 aromatic carbocycles. The van der Waals surface area contributed by atoms with Crippen molar-refractivity contribution in [2.75, 3.05) is 31.6 Å². The van der Waals surface area contributed by atoms with Gasteiger partial charge in [0.2, 0.25) is 0 Å². The van der Waals surface area contributed by atoms with Crippen LogP contribution in [0.1, 0.15) is 68.8 Å². The summed E-state index contributed by atoms with van der Waals surface area (Å²) in [4.78, 5) is 13.1. The first-order valence-corrected chi connectivity index (χ1v) is 12.2. The standard InChI is InChI=1S/C25H35F3N4O2/c1-3-5-10-18(4-2)17-34-16-9-14-30-24(33)21-22(19-11-7-6-8-12-19)31-32-20(25(26,27)28)13-15-29-23(21)32/h6-8,11-12,18,20,29H,3-5,9-10,13-17H2,1-2H3,(H,30,33). The molecule has 0 radical (unpaired) electrons. The van der Waals surface area contributed by atoms with Crippen LogP contribution in [0.4, 0.5) is 19.0 Å². The number of benzene rings is 1. The number of anilines is 1. The third-order valence-electron chi connectivity index (χ3n) is 6.22. The number of amides is 1. The van der Waals surface area contributed by atoms with Gasteiger partial charge in [0, 0.05) is 31.9 Å². The number of unbranched alkanes of at least 4 members (excludes halogenated alkanes) is 1. The average molecular weight is 481 g/mol. The smallest absolute Gasteiger partial charge is 0.381 e. The van der Waals surface area contributed by atoms with Crippen molar-refractivity contribution in [3.8, 4) is 11.3 Å². The number of nitrogens with one attached hydrogen (secondary N) is 2. The highest BCUT2D eigenvalue weighted by Gasteiger charge is 2.45. The number of hydrogen-bond acceptors (Lipinski definition) is 4. The molecule has 2 aromatic rings. The summed E-state index contributed by atoms with van der Waals surface area (Å²) in [7, 11) is 0. The van der Waals surface area contributed by atoms with Gasteiger partial charge in [0.15, 0.2) is 6.04 Å². The zero-order valence-electron chi connectivity index (χ0n) is 20.0.